The largest absolute Gasteiger partial charge is 0.381 e. The van der Waals surface area contributed by atoms with E-state index < -0.39 is 0 Å². The average Bonchev–Trinajstić information content (AvgIpc) is 2.97. The zero-order chi connectivity index (χ0) is 14.2. The van der Waals surface area contributed by atoms with Gasteiger partial charge in [-0.25, -0.2) is 4.99 Å². The standard InChI is InChI=1S/C15H26N4O/c1-3-6-17-15(16-4-2)19-9-7-18(8-10-19)12-14-5-11-20-13-14/h1,14H,4-13H2,2H3,(H,16,17). The van der Waals surface area contributed by atoms with Crippen LogP contribution in [-0.4, -0.2) is 74.8 Å². The summed E-state index contributed by atoms with van der Waals surface area (Å²) in [5, 5.41) is 3.32. The van der Waals surface area contributed by atoms with Gasteiger partial charge in [-0.2, -0.15) is 0 Å². The Kier molecular flexibility index (Phi) is 6.16. The number of aliphatic imine (C=N–C) groups is 1. The predicted octanol–water partition coefficient (Wildman–Crippen LogP) is 0.239. The summed E-state index contributed by atoms with van der Waals surface area (Å²) in [6.07, 6.45) is 6.51. The molecule has 0 aliphatic carbocycles. The summed E-state index contributed by atoms with van der Waals surface area (Å²) in [4.78, 5) is 9.29. The van der Waals surface area contributed by atoms with Crippen LogP contribution in [0.5, 0.6) is 0 Å². The Balaban J connectivity index is 1.78. The predicted molar refractivity (Wildman–Crippen MR) is 81.8 cm³/mol. The van der Waals surface area contributed by atoms with E-state index in [1.807, 2.05) is 0 Å². The normalized spacial score (nSPS) is 24.7. The van der Waals surface area contributed by atoms with Crippen molar-refractivity contribution in [2.24, 2.45) is 10.9 Å². The molecule has 20 heavy (non-hydrogen) atoms. The van der Waals surface area contributed by atoms with Crippen molar-refractivity contribution in [1.29, 1.82) is 0 Å². The molecule has 0 spiro atoms. The highest BCUT2D eigenvalue weighted by atomic mass is 16.5. The zero-order valence-electron chi connectivity index (χ0n) is 12.5. The summed E-state index contributed by atoms with van der Waals surface area (Å²) in [6, 6.07) is 0. The molecular formula is C15H26N4O. The Morgan fingerprint density at radius 2 is 2.20 bits per heavy atom. The van der Waals surface area contributed by atoms with Crippen LogP contribution in [0.2, 0.25) is 0 Å². The van der Waals surface area contributed by atoms with Gasteiger partial charge in [-0.15, -0.1) is 6.42 Å². The molecule has 2 aliphatic rings. The van der Waals surface area contributed by atoms with E-state index in [0.717, 1.165) is 57.8 Å². The Hall–Kier alpha value is -1.25. The van der Waals surface area contributed by atoms with Gasteiger partial charge in [0.25, 0.3) is 0 Å². The van der Waals surface area contributed by atoms with Crippen LogP contribution in [0, 0.1) is 18.3 Å². The quantitative estimate of drug-likeness (QED) is 0.454. The first-order valence-electron chi connectivity index (χ1n) is 7.60. The Morgan fingerprint density at radius 1 is 1.40 bits per heavy atom. The fourth-order valence-corrected chi connectivity index (χ4v) is 2.78. The molecule has 0 aromatic heterocycles. The average molecular weight is 278 g/mol. The van der Waals surface area contributed by atoms with E-state index in [1.54, 1.807) is 0 Å². The molecule has 0 aromatic rings. The number of ether oxygens (including phenoxy) is 1. The molecule has 1 unspecified atom stereocenters. The van der Waals surface area contributed by atoms with E-state index in [9.17, 15) is 0 Å². The first kappa shape index (κ1) is 15.1. The van der Waals surface area contributed by atoms with Crippen LogP contribution in [0.15, 0.2) is 4.99 Å². The lowest BCUT2D eigenvalue weighted by Gasteiger charge is -2.37. The molecule has 0 bridgehead atoms. The summed E-state index contributed by atoms with van der Waals surface area (Å²) in [5.74, 6) is 4.25. The van der Waals surface area contributed by atoms with Gasteiger partial charge in [0, 0.05) is 45.9 Å². The molecule has 1 atom stereocenters. The van der Waals surface area contributed by atoms with Gasteiger partial charge in [0.2, 0.25) is 0 Å². The second-order valence-corrected chi connectivity index (χ2v) is 5.39. The lowest BCUT2D eigenvalue weighted by Crippen LogP contribution is -2.53. The monoisotopic (exact) mass is 278 g/mol. The fraction of sp³-hybridized carbons (Fsp3) is 0.800. The number of rotatable bonds is 4. The second-order valence-electron chi connectivity index (χ2n) is 5.39. The van der Waals surface area contributed by atoms with Gasteiger partial charge in [0.15, 0.2) is 5.96 Å². The Bertz CT molecular complexity index is 349. The molecule has 0 saturated carbocycles. The fourth-order valence-electron chi connectivity index (χ4n) is 2.78. The molecule has 2 saturated heterocycles. The van der Waals surface area contributed by atoms with Crippen LogP contribution in [0.4, 0.5) is 0 Å². The highest BCUT2D eigenvalue weighted by molar-refractivity contribution is 5.80. The van der Waals surface area contributed by atoms with Crippen molar-refractivity contribution in [3.63, 3.8) is 0 Å². The molecule has 0 aromatic carbocycles. The highest BCUT2D eigenvalue weighted by Gasteiger charge is 2.23. The van der Waals surface area contributed by atoms with E-state index >= 15 is 0 Å². The first-order valence-corrected chi connectivity index (χ1v) is 7.60. The van der Waals surface area contributed by atoms with Gasteiger partial charge in [0.05, 0.1) is 6.61 Å². The van der Waals surface area contributed by atoms with Crippen LogP contribution in [0.3, 0.4) is 0 Å². The van der Waals surface area contributed by atoms with Crippen LogP contribution < -0.4 is 5.32 Å². The van der Waals surface area contributed by atoms with Crippen LogP contribution in [-0.2, 0) is 4.74 Å². The van der Waals surface area contributed by atoms with Crippen molar-refractivity contribution in [2.45, 2.75) is 13.3 Å². The maximum absolute atomic E-state index is 5.45. The molecule has 0 amide bonds. The minimum Gasteiger partial charge on any atom is -0.381 e. The van der Waals surface area contributed by atoms with E-state index in [4.69, 9.17) is 11.2 Å². The number of nitrogens with one attached hydrogen (secondary N) is 1. The SMILES string of the molecule is C#CCN=C(NCC)N1CCN(CC2CCOC2)CC1. The Labute approximate surface area is 122 Å². The van der Waals surface area contributed by atoms with Gasteiger partial charge in [0.1, 0.15) is 6.54 Å². The van der Waals surface area contributed by atoms with Crippen LogP contribution >= 0.6 is 0 Å². The van der Waals surface area contributed by atoms with Gasteiger partial charge in [-0.1, -0.05) is 5.92 Å². The van der Waals surface area contributed by atoms with Crippen molar-refractivity contribution < 1.29 is 4.74 Å². The van der Waals surface area contributed by atoms with Gasteiger partial charge >= 0.3 is 0 Å². The number of terminal acetylenes is 1. The molecule has 2 fully saturated rings. The van der Waals surface area contributed by atoms with Crippen LogP contribution in [0.25, 0.3) is 0 Å². The summed E-state index contributed by atoms with van der Waals surface area (Å²) in [5.41, 5.74) is 0. The summed E-state index contributed by atoms with van der Waals surface area (Å²) in [7, 11) is 0. The summed E-state index contributed by atoms with van der Waals surface area (Å²) < 4.78 is 5.45. The number of hydrogen-bond acceptors (Lipinski definition) is 3. The van der Waals surface area contributed by atoms with Crippen molar-refractivity contribution in [1.82, 2.24) is 15.1 Å². The molecule has 112 valence electrons. The second kappa shape index (κ2) is 8.13. The first-order chi connectivity index (χ1) is 9.83. The summed E-state index contributed by atoms with van der Waals surface area (Å²) in [6.45, 7) is 10.7. The third-order valence-electron chi connectivity index (χ3n) is 3.87. The lowest BCUT2D eigenvalue weighted by atomic mass is 10.1. The highest BCUT2D eigenvalue weighted by Crippen LogP contribution is 2.15. The van der Waals surface area contributed by atoms with Crippen molar-refractivity contribution >= 4 is 5.96 Å². The van der Waals surface area contributed by atoms with Crippen LogP contribution in [0.1, 0.15) is 13.3 Å². The summed E-state index contributed by atoms with van der Waals surface area (Å²) >= 11 is 0. The number of guanidine groups is 1. The van der Waals surface area contributed by atoms with Crippen molar-refractivity contribution in [3.8, 4) is 12.3 Å². The van der Waals surface area contributed by atoms with Crippen molar-refractivity contribution in [2.75, 3.05) is 59.0 Å². The maximum Gasteiger partial charge on any atom is 0.194 e. The third-order valence-corrected chi connectivity index (χ3v) is 3.87. The topological polar surface area (TPSA) is 40.1 Å². The van der Waals surface area contributed by atoms with E-state index in [0.29, 0.717) is 6.54 Å². The van der Waals surface area contributed by atoms with Gasteiger partial charge in [-0.05, 0) is 19.3 Å². The van der Waals surface area contributed by atoms with Gasteiger partial charge < -0.3 is 15.0 Å². The maximum atomic E-state index is 5.45. The molecule has 2 aliphatic heterocycles. The smallest absolute Gasteiger partial charge is 0.194 e. The number of nitrogens with zero attached hydrogens (tertiary/aromatic N) is 3. The van der Waals surface area contributed by atoms with Gasteiger partial charge in [-0.3, -0.25) is 4.90 Å². The number of hydrogen-bond donors (Lipinski definition) is 1. The molecule has 0 radical (unpaired) electrons. The van der Waals surface area contributed by atoms with E-state index in [-0.39, 0.29) is 0 Å². The molecule has 5 nitrogen and oxygen atoms in total. The molecule has 5 heteroatoms. The molecular weight excluding hydrogens is 252 g/mol. The van der Waals surface area contributed by atoms with E-state index in [1.165, 1.54) is 13.0 Å². The minimum atomic E-state index is 0.446. The van der Waals surface area contributed by atoms with E-state index in [2.05, 4.69) is 33.0 Å². The zero-order valence-corrected chi connectivity index (χ0v) is 12.5. The number of piperazine rings is 1. The molecule has 2 heterocycles. The Morgan fingerprint density at radius 3 is 2.80 bits per heavy atom. The molecule has 1 N–H and O–H groups in total. The minimum absolute atomic E-state index is 0.446. The lowest BCUT2D eigenvalue weighted by molar-refractivity contribution is 0.139. The van der Waals surface area contributed by atoms with Crippen molar-refractivity contribution in [3.05, 3.63) is 0 Å². The third kappa shape index (κ3) is 4.39. The molecule has 2 rings (SSSR count).